The van der Waals surface area contributed by atoms with Gasteiger partial charge in [-0.15, -0.1) is 0 Å². The van der Waals surface area contributed by atoms with Crippen molar-refractivity contribution in [1.82, 2.24) is 14.5 Å². The molecule has 296 valence electrons. The highest BCUT2D eigenvalue weighted by atomic mass is 35.5. The molecule has 0 radical (unpaired) electrons. The Bertz CT molecular complexity index is 1840. The molecule has 7 rings (SSSR count). The third-order valence-corrected chi connectivity index (χ3v) is 15.6. The number of ether oxygens (including phenoxy) is 2. The highest BCUT2D eigenvalue weighted by Crippen LogP contribution is 2.49. The van der Waals surface area contributed by atoms with E-state index < -0.39 is 26.8 Å². The molecule has 1 saturated carbocycles. The topological polar surface area (TPSA) is 91.4 Å². The van der Waals surface area contributed by atoms with Crippen LogP contribution in [0, 0.1) is 17.8 Å². The van der Waals surface area contributed by atoms with Gasteiger partial charge in [-0.25, -0.2) is 13.1 Å². The Labute approximate surface area is 328 Å². The first-order valence-electron chi connectivity index (χ1n) is 20.3. The fourth-order valence-corrected chi connectivity index (χ4v) is 11.4. The smallest absolute Gasteiger partial charge is 0.264 e. The maximum Gasteiger partial charge on any atom is 0.264 e. The molecule has 2 aromatic carbocycles. The summed E-state index contributed by atoms with van der Waals surface area (Å²) in [6, 6.07) is 11.7. The maximum absolute atomic E-state index is 13.7. The molecule has 3 heterocycles. The van der Waals surface area contributed by atoms with Gasteiger partial charge >= 0.3 is 0 Å². The Morgan fingerprint density at radius 2 is 1.83 bits per heavy atom. The van der Waals surface area contributed by atoms with Gasteiger partial charge in [-0.1, -0.05) is 36.7 Å². The van der Waals surface area contributed by atoms with Crippen molar-refractivity contribution in [2.45, 2.75) is 102 Å². The number of carbonyl (C=O) groups excluding carboxylic acids is 1. The SMILES string of the molecule is CCOC1(CN2CCN(C(C)(C)C)CC2)/C=C/C[C@H](C)[C@@H](C)S(=O)(=O)NC(=O)c2ccc3c(c2)N(C[C@@H]2CC[C@H]21)C[C@@]1(CCCc2cc(Cl)ccc21)CO3. The minimum Gasteiger partial charge on any atom is -0.490 e. The third kappa shape index (κ3) is 7.84. The van der Waals surface area contributed by atoms with Crippen molar-refractivity contribution in [3.63, 3.8) is 0 Å². The number of sulfonamides is 1. The molecule has 9 nitrogen and oxygen atoms in total. The number of nitrogens with one attached hydrogen (secondary N) is 1. The number of nitrogens with zero attached hydrogens (tertiary/aromatic N) is 3. The van der Waals surface area contributed by atoms with Crippen molar-refractivity contribution in [2.75, 3.05) is 63.9 Å². The lowest BCUT2D eigenvalue weighted by molar-refractivity contribution is -0.114. The monoisotopic (exact) mass is 780 g/mol. The van der Waals surface area contributed by atoms with Crippen LogP contribution in [0.25, 0.3) is 0 Å². The van der Waals surface area contributed by atoms with Crippen molar-refractivity contribution in [3.05, 3.63) is 70.3 Å². The Morgan fingerprint density at radius 3 is 2.54 bits per heavy atom. The number of halogens is 1. The summed E-state index contributed by atoms with van der Waals surface area (Å²) in [5.74, 6) is 0.506. The first-order valence-corrected chi connectivity index (χ1v) is 22.2. The van der Waals surface area contributed by atoms with E-state index in [2.05, 4.69) is 71.4 Å². The van der Waals surface area contributed by atoms with E-state index in [1.54, 1.807) is 13.0 Å². The molecule has 5 aliphatic rings. The van der Waals surface area contributed by atoms with Gasteiger partial charge in [0.25, 0.3) is 5.91 Å². The molecule has 2 bridgehead atoms. The molecule has 6 atom stereocenters. The molecular weight excluding hydrogens is 720 g/mol. The number of benzene rings is 2. The summed E-state index contributed by atoms with van der Waals surface area (Å²) >= 11 is 6.52. The summed E-state index contributed by atoms with van der Waals surface area (Å²) in [5, 5.41) is -0.0248. The van der Waals surface area contributed by atoms with E-state index >= 15 is 0 Å². The Hall–Kier alpha value is -2.63. The van der Waals surface area contributed by atoms with E-state index in [0.29, 0.717) is 31.1 Å². The lowest BCUT2D eigenvalue weighted by atomic mass is 9.63. The quantitative estimate of drug-likeness (QED) is 0.330. The van der Waals surface area contributed by atoms with Crippen LogP contribution in [0.15, 0.2) is 48.6 Å². The Morgan fingerprint density at radius 1 is 1.06 bits per heavy atom. The van der Waals surface area contributed by atoms with Gasteiger partial charge in [0, 0.05) is 74.0 Å². The van der Waals surface area contributed by atoms with Crippen LogP contribution < -0.4 is 14.4 Å². The normalized spacial score (nSPS) is 32.7. The molecular formula is C43H61ClN4O5S. The fraction of sp³-hybridized carbons (Fsp3) is 0.651. The number of allylic oxidation sites excluding steroid dienone is 1. The number of hydrogen-bond acceptors (Lipinski definition) is 8. The zero-order chi connectivity index (χ0) is 38.5. The molecule has 1 N–H and O–H groups in total. The zero-order valence-electron chi connectivity index (χ0n) is 33.2. The number of fused-ring (bicyclic) bond motifs is 4. The van der Waals surface area contributed by atoms with Gasteiger partial charge in [-0.05, 0) is 132 Å². The maximum atomic E-state index is 13.7. The second kappa shape index (κ2) is 15.4. The summed E-state index contributed by atoms with van der Waals surface area (Å²) in [4.78, 5) is 21.3. The fourth-order valence-electron chi connectivity index (χ4n) is 9.92. The molecule has 1 saturated heterocycles. The third-order valence-electron chi connectivity index (χ3n) is 13.4. The van der Waals surface area contributed by atoms with Gasteiger partial charge in [0.05, 0.1) is 17.5 Å². The van der Waals surface area contributed by atoms with E-state index in [1.807, 2.05) is 25.1 Å². The van der Waals surface area contributed by atoms with Crippen LogP contribution in [0.5, 0.6) is 5.75 Å². The molecule has 3 aliphatic heterocycles. The number of piperazine rings is 1. The number of hydrogen-bond donors (Lipinski definition) is 1. The first kappa shape index (κ1) is 39.6. The van der Waals surface area contributed by atoms with Crippen LogP contribution in [0.4, 0.5) is 5.69 Å². The predicted molar refractivity (Wildman–Crippen MR) is 217 cm³/mol. The van der Waals surface area contributed by atoms with E-state index in [1.165, 1.54) is 11.1 Å². The molecule has 11 heteroatoms. The molecule has 1 unspecified atom stereocenters. The number of carbonyl (C=O) groups is 1. The summed E-state index contributed by atoms with van der Waals surface area (Å²) < 4.78 is 43.5. The molecule has 1 spiro atoms. The van der Waals surface area contributed by atoms with Crippen LogP contribution in [0.1, 0.15) is 95.1 Å². The van der Waals surface area contributed by atoms with Gasteiger partial charge in [0.2, 0.25) is 10.0 Å². The van der Waals surface area contributed by atoms with Crippen molar-refractivity contribution >= 4 is 33.2 Å². The molecule has 1 amide bonds. The van der Waals surface area contributed by atoms with Gasteiger partial charge in [0.15, 0.2) is 0 Å². The van der Waals surface area contributed by atoms with Crippen LogP contribution in [-0.2, 0) is 26.6 Å². The summed E-state index contributed by atoms with van der Waals surface area (Å²) in [6.07, 6.45) is 10.2. The number of anilines is 1. The Balaban J connectivity index is 1.30. The van der Waals surface area contributed by atoms with Gasteiger partial charge in [0.1, 0.15) is 11.4 Å². The van der Waals surface area contributed by atoms with Gasteiger partial charge < -0.3 is 14.4 Å². The van der Waals surface area contributed by atoms with Gasteiger partial charge in [-0.2, -0.15) is 0 Å². The second-order valence-corrected chi connectivity index (χ2v) is 20.3. The predicted octanol–water partition coefficient (Wildman–Crippen LogP) is 7.07. The van der Waals surface area contributed by atoms with Crippen LogP contribution in [-0.4, -0.2) is 99.5 Å². The van der Waals surface area contributed by atoms with E-state index in [-0.39, 0.29) is 22.8 Å². The number of amides is 1. The van der Waals surface area contributed by atoms with Crippen molar-refractivity contribution < 1.29 is 22.7 Å². The summed E-state index contributed by atoms with van der Waals surface area (Å²) in [5.41, 5.74) is 3.07. The van der Waals surface area contributed by atoms with E-state index in [4.69, 9.17) is 21.1 Å². The first-order chi connectivity index (χ1) is 25.6. The molecule has 2 aromatic rings. The summed E-state index contributed by atoms with van der Waals surface area (Å²) in [6.45, 7) is 20.0. The van der Waals surface area contributed by atoms with Crippen molar-refractivity contribution in [3.8, 4) is 5.75 Å². The minimum absolute atomic E-state index is 0.132. The highest BCUT2D eigenvalue weighted by Gasteiger charge is 2.50. The zero-order valence-corrected chi connectivity index (χ0v) is 34.8. The Kier molecular flexibility index (Phi) is 11.3. The lowest BCUT2D eigenvalue weighted by Crippen LogP contribution is -2.60. The largest absolute Gasteiger partial charge is 0.490 e. The number of rotatable bonds is 4. The van der Waals surface area contributed by atoms with E-state index in [0.717, 1.165) is 94.4 Å². The molecule has 0 aromatic heterocycles. The minimum atomic E-state index is -3.96. The average Bonchev–Trinajstić information content (AvgIpc) is 3.25. The van der Waals surface area contributed by atoms with Crippen molar-refractivity contribution in [1.29, 1.82) is 0 Å². The average molecular weight is 782 g/mol. The van der Waals surface area contributed by atoms with Crippen LogP contribution in [0.2, 0.25) is 5.02 Å². The molecule has 2 aliphatic carbocycles. The van der Waals surface area contributed by atoms with Crippen LogP contribution >= 0.6 is 11.6 Å². The highest BCUT2D eigenvalue weighted by molar-refractivity contribution is 7.90. The lowest BCUT2D eigenvalue weighted by Gasteiger charge is -2.53. The molecule has 54 heavy (non-hydrogen) atoms. The molecule has 2 fully saturated rings. The van der Waals surface area contributed by atoms with Crippen molar-refractivity contribution in [2.24, 2.45) is 17.8 Å². The van der Waals surface area contributed by atoms with Gasteiger partial charge in [-0.3, -0.25) is 14.6 Å². The number of aryl methyl sites for hydroxylation is 1. The second-order valence-electron chi connectivity index (χ2n) is 17.8. The van der Waals surface area contributed by atoms with Crippen LogP contribution in [0.3, 0.4) is 0 Å². The summed E-state index contributed by atoms with van der Waals surface area (Å²) in [7, 11) is -3.96. The van der Waals surface area contributed by atoms with E-state index in [9.17, 15) is 13.2 Å². The standard InChI is InChI=1S/C43H61ClN4O5S/c1-7-53-43(28-46-20-22-48(23-21-46)41(4,5)6)19-8-10-30(2)31(3)54(50,51)45-40(49)33-13-17-39-38(25-33)47(26-34-12-15-37(34)43)27-42(29-52-39)18-9-11-32-24-35(44)14-16-36(32)42/h8,13-14,16-17,19,24-25,30-31,34,37H,7,9-12,15,18,20-23,26-29H2,1-6H3,(H,45,49)/b19-8+/t30-,31+,34-,37+,42-,43?/m0/s1.